The number of hydrogen-bond acceptors (Lipinski definition) is 6. The van der Waals surface area contributed by atoms with Crippen LogP contribution < -0.4 is 4.90 Å². The fraction of sp³-hybridized carbons (Fsp3) is 0.462. The number of pyridine rings is 1. The number of aromatic nitrogens is 1. The van der Waals surface area contributed by atoms with Crippen LogP contribution in [-0.4, -0.2) is 55.7 Å². The second-order valence-corrected chi connectivity index (χ2v) is 4.35. The van der Waals surface area contributed by atoms with Gasteiger partial charge in [-0.1, -0.05) is 0 Å². The van der Waals surface area contributed by atoms with Crippen LogP contribution in [0.25, 0.3) is 0 Å². The Balaban J connectivity index is 1.92. The Labute approximate surface area is 112 Å². The van der Waals surface area contributed by atoms with Gasteiger partial charge in [0.2, 0.25) is 0 Å². The highest BCUT2D eigenvalue weighted by molar-refractivity contribution is 5.71. The Morgan fingerprint density at radius 2 is 2.21 bits per heavy atom. The van der Waals surface area contributed by atoms with Gasteiger partial charge in [-0.25, -0.2) is 4.98 Å². The highest BCUT2D eigenvalue weighted by Gasteiger charge is 2.20. The molecule has 100 valence electrons. The Kier molecular flexibility index (Phi) is 4.31. The van der Waals surface area contributed by atoms with Gasteiger partial charge in [-0.15, -0.1) is 0 Å². The Hall–Kier alpha value is -2.13. The van der Waals surface area contributed by atoms with Crippen LogP contribution in [0.1, 0.15) is 5.56 Å². The quantitative estimate of drug-likeness (QED) is 0.726. The first kappa shape index (κ1) is 13.3. The summed E-state index contributed by atoms with van der Waals surface area (Å²) in [5.74, 6) is 0.606. The Morgan fingerprint density at radius 1 is 1.47 bits per heavy atom. The van der Waals surface area contributed by atoms with E-state index in [4.69, 9.17) is 5.26 Å². The lowest BCUT2D eigenvalue weighted by Crippen LogP contribution is -2.48. The second kappa shape index (κ2) is 6.16. The van der Waals surface area contributed by atoms with Gasteiger partial charge < -0.3 is 9.64 Å². The van der Waals surface area contributed by atoms with Gasteiger partial charge in [0.15, 0.2) is 0 Å². The minimum absolute atomic E-state index is 0.210. The molecule has 0 unspecified atom stereocenters. The third kappa shape index (κ3) is 3.42. The number of piperazine rings is 1. The zero-order valence-electron chi connectivity index (χ0n) is 10.9. The summed E-state index contributed by atoms with van der Waals surface area (Å²) < 4.78 is 4.65. The summed E-state index contributed by atoms with van der Waals surface area (Å²) in [6.45, 7) is 3.48. The van der Waals surface area contributed by atoms with E-state index in [9.17, 15) is 4.79 Å². The second-order valence-electron chi connectivity index (χ2n) is 4.35. The molecule has 19 heavy (non-hydrogen) atoms. The average molecular weight is 260 g/mol. The lowest BCUT2D eigenvalue weighted by atomic mass is 10.2. The van der Waals surface area contributed by atoms with Gasteiger partial charge in [-0.3, -0.25) is 9.69 Å². The molecule has 0 bridgehead atoms. The van der Waals surface area contributed by atoms with Crippen LogP contribution in [0.15, 0.2) is 18.3 Å². The van der Waals surface area contributed by atoms with E-state index >= 15 is 0 Å². The van der Waals surface area contributed by atoms with Crippen molar-refractivity contribution in [1.29, 1.82) is 5.26 Å². The van der Waals surface area contributed by atoms with Crippen LogP contribution >= 0.6 is 0 Å². The fourth-order valence-corrected chi connectivity index (χ4v) is 2.04. The number of rotatable bonds is 3. The lowest BCUT2D eigenvalue weighted by molar-refractivity contribution is -0.142. The summed E-state index contributed by atoms with van der Waals surface area (Å²) in [7, 11) is 1.40. The number of hydrogen-bond donors (Lipinski definition) is 0. The normalized spacial score (nSPS) is 15.9. The van der Waals surface area contributed by atoms with Crippen molar-refractivity contribution < 1.29 is 9.53 Å². The molecule has 1 aromatic rings. The molecule has 1 fully saturated rings. The molecule has 2 heterocycles. The summed E-state index contributed by atoms with van der Waals surface area (Å²) in [4.78, 5) is 19.6. The summed E-state index contributed by atoms with van der Waals surface area (Å²) >= 11 is 0. The van der Waals surface area contributed by atoms with Crippen molar-refractivity contribution >= 4 is 11.8 Å². The summed E-state index contributed by atoms with van der Waals surface area (Å²) in [5.41, 5.74) is 0.613. The summed E-state index contributed by atoms with van der Waals surface area (Å²) in [6, 6.07) is 5.59. The van der Waals surface area contributed by atoms with Crippen LogP contribution in [0.2, 0.25) is 0 Å². The van der Waals surface area contributed by atoms with Crippen molar-refractivity contribution in [3.8, 4) is 6.07 Å². The van der Waals surface area contributed by atoms with Gasteiger partial charge >= 0.3 is 5.97 Å². The van der Waals surface area contributed by atoms with Gasteiger partial charge in [-0.2, -0.15) is 5.26 Å². The Bertz CT molecular complexity index is 490. The van der Waals surface area contributed by atoms with E-state index in [-0.39, 0.29) is 5.97 Å². The predicted molar refractivity (Wildman–Crippen MR) is 69.6 cm³/mol. The maximum Gasteiger partial charge on any atom is 0.319 e. The molecule has 1 saturated heterocycles. The van der Waals surface area contributed by atoms with Crippen molar-refractivity contribution in [1.82, 2.24) is 9.88 Å². The van der Waals surface area contributed by atoms with Gasteiger partial charge in [0.05, 0.1) is 25.3 Å². The standard InChI is InChI=1S/C13H16N4O2/c1-19-13(18)10-16-4-6-17(7-5-16)12-8-11(9-14)2-3-15-12/h2-3,8H,4-7,10H2,1H3. The van der Waals surface area contributed by atoms with Crippen molar-refractivity contribution in [3.05, 3.63) is 23.9 Å². The fourth-order valence-electron chi connectivity index (χ4n) is 2.04. The number of nitriles is 1. The molecule has 0 radical (unpaired) electrons. The molecule has 0 aliphatic carbocycles. The van der Waals surface area contributed by atoms with Crippen molar-refractivity contribution in [2.75, 3.05) is 44.7 Å². The molecule has 0 atom stereocenters. The van der Waals surface area contributed by atoms with Crippen LogP contribution in [0.4, 0.5) is 5.82 Å². The third-order valence-corrected chi connectivity index (χ3v) is 3.15. The maximum atomic E-state index is 11.2. The molecular formula is C13H16N4O2. The molecule has 0 N–H and O–H groups in total. The molecule has 6 nitrogen and oxygen atoms in total. The van der Waals surface area contributed by atoms with E-state index in [1.54, 1.807) is 18.3 Å². The average Bonchev–Trinajstić information content (AvgIpc) is 2.48. The Morgan fingerprint density at radius 3 is 2.84 bits per heavy atom. The first-order valence-corrected chi connectivity index (χ1v) is 6.13. The maximum absolute atomic E-state index is 11.2. The number of anilines is 1. The van der Waals surface area contributed by atoms with Crippen molar-refractivity contribution in [2.45, 2.75) is 0 Å². The van der Waals surface area contributed by atoms with Gasteiger partial charge in [0, 0.05) is 32.4 Å². The number of nitrogens with zero attached hydrogens (tertiary/aromatic N) is 4. The highest BCUT2D eigenvalue weighted by atomic mass is 16.5. The highest BCUT2D eigenvalue weighted by Crippen LogP contribution is 2.14. The minimum Gasteiger partial charge on any atom is -0.468 e. The van der Waals surface area contributed by atoms with E-state index in [1.807, 2.05) is 0 Å². The number of carbonyl (C=O) groups is 1. The number of esters is 1. The van der Waals surface area contributed by atoms with Crippen LogP contribution in [0.5, 0.6) is 0 Å². The van der Waals surface area contributed by atoms with Gasteiger partial charge in [-0.05, 0) is 12.1 Å². The molecule has 2 rings (SSSR count). The predicted octanol–water partition coefficient (Wildman–Crippen LogP) is 0.248. The van der Waals surface area contributed by atoms with Gasteiger partial charge in [0.25, 0.3) is 0 Å². The molecule has 0 amide bonds. The number of ether oxygens (including phenoxy) is 1. The molecular weight excluding hydrogens is 244 g/mol. The molecule has 1 aromatic heterocycles. The van der Waals surface area contributed by atoms with E-state index in [0.29, 0.717) is 12.1 Å². The van der Waals surface area contributed by atoms with Crippen LogP contribution in [0, 0.1) is 11.3 Å². The zero-order valence-corrected chi connectivity index (χ0v) is 10.9. The molecule has 0 spiro atoms. The monoisotopic (exact) mass is 260 g/mol. The van der Waals surface area contributed by atoms with Gasteiger partial charge in [0.1, 0.15) is 5.82 Å². The lowest BCUT2D eigenvalue weighted by Gasteiger charge is -2.34. The number of carbonyl (C=O) groups excluding carboxylic acids is 1. The summed E-state index contributed by atoms with van der Waals surface area (Å²) in [6.07, 6.45) is 1.65. The minimum atomic E-state index is -0.210. The van der Waals surface area contributed by atoms with E-state index < -0.39 is 0 Å². The van der Waals surface area contributed by atoms with Crippen molar-refractivity contribution in [3.63, 3.8) is 0 Å². The topological polar surface area (TPSA) is 69.5 Å². The van der Waals surface area contributed by atoms with Crippen LogP contribution in [0.3, 0.4) is 0 Å². The van der Waals surface area contributed by atoms with Crippen LogP contribution in [-0.2, 0) is 9.53 Å². The first-order chi connectivity index (χ1) is 9.22. The molecule has 1 aliphatic rings. The van der Waals surface area contributed by atoms with E-state index in [2.05, 4.69) is 25.6 Å². The molecule has 0 saturated carbocycles. The number of methoxy groups -OCH3 is 1. The third-order valence-electron chi connectivity index (χ3n) is 3.15. The van der Waals surface area contributed by atoms with Crippen molar-refractivity contribution in [2.24, 2.45) is 0 Å². The smallest absolute Gasteiger partial charge is 0.319 e. The molecule has 1 aliphatic heterocycles. The summed E-state index contributed by atoms with van der Waals surface area (Å²) in [5, 5.41) is 8.87. The molecule has 6 heteroatoms. The zero-order chi connectivity index (χ0) is 13.7. The largest absolute Gasteiger partial charge is 0.468 e. The SMILES string of the molecule is COC(=O)CN1CCN(c2cc(C#N)ccn2)CC1. The first-order valence-electron chi connectivity index (χ1n) is 6.13. The van der Waals surface area contributed by atoms with E-state index in [1.165, 1.54) is 7.11 Å². The molecule has 0 aromatic carbocycles. The van der Waals surface area contributed by atoms with E-state index in [0.717, 1.165) is 32.0 Å².